The van der Waals surface area contributed by atoms with Crippen LogP contribution in [0.2, 0.25) is 0 Å². The highest BCUT2D eigenvalue weighted by Crippen LogP contribution is 2.21. The van der Waals surface area contributed by atoms with Crippen molar-refractivity contribution in [1.82, 2.24) is 5.32 Å². The molecule has 1 heterocycles. The number of carbonyl (C=O) groups excluding carboxylic acids is 3. The molecule has 1 aromatic carbocycles. The number of hydrogen-bond acceptors (Lipinski definition) is 5. The second-order valence-corrected chi connectivity index (χ2v) is 5.97. The Labute approximate surface area is 153 Å². The van der Waals surface area contributed by atoms with Crippen LogP contribution in [0.3, 0.4) is 0 Å². The van der Waals surface area contributed by atoms with Gasteiger partial charge in [0.1, 0.15) is 17.7 Å². The van der Waals surface area contributed by atoms with Gasteiger partial charge in [0.2, 0.25) is 5.91 Å². The molecule has 0 aliphatic carbocycles. The third kappa shape index (κ3) is 4.69. The third-order valence-electron chi connectivity index (χ3n) is 3.70. The lowest BCUT2D eigenvalue weighted by Gasteiger charge is -2.21. The van der Waals surface area contributed by atoms with Crippen molar-refractivity contribution in [1.29, 1.82) is 0 Å². The van der Waals surface area contributed by atoms with Gasteiger partial charge in [-0.05, 0) is 24.1 Å². The van der Waals surface area contributed by atoms with E-state index in [1.165, 1.54) is 18.4 Å². The molecule has 1 atom stereocenters. The summed E-state index contributed by atoms with van der Waals surface area (Å²) in [5.74, 6) is -4.93. The van der Waals surface area contributed by atoms with Gasteiger partial charge in [0.25, 0.3) is 5.91 Å². The molecule has 7 nitrogen and oxygen atoms in total. The van der Waals surface area contributed by atoms with Crippen LogP contribution in [0.1, 0.15) is 34.8 Å². The monoisotopic (exact) mass is 380 g/mol. The number of furan rings is 1. The van der Waals surface area contributed by atoms with Gasteiger partial charge in [-0.2, -0.15) is 0 Å². The molecule has 144 valence electrons. The summed E-state index contributed by atoms with van der Waals surface area (Å²) in [6.07, 6.45) is 1.31. The molecule has 2 rings (SSSR count). The molecule has 9 heteroatoms. The largest absolute Gasteiger partial charge is 0.465 e. The van der Waals surface area contributed by atoms with Crippen LogP contribution >= 0.6 is 0 Å². The van der Waals surface area contributed by atoms with Crippen LogP contribution in [0, 0.1) is 17.6 Å². The van der Waals surface area contributed by atoms with E-state index in [0.717, 1.165) is 13.2 Å². The number of anilines is 1. The Morgan fingerprint density at radius 3 is 2.41 bits per heavy atom. The van der Waals surface area contributed by atoms with Crippen LogP contribution in [0.25, 0.3) is 0 Å². The van der Waals surface area contributed by atoms with E-state index in [2.05, 4.69) is 15.4 Å². The first-order chi connectivity index (χ1) is 12.7. The van der Waals surface area contributed by atoms with E-state index < -0.39 is 46.7 Å². The van der Waals surface area contributed by atoms with Crippen LogP contribution in [-0.2, 0) is 9.53 Å². The maximum Gasteiger partial charge on any atom is 0.340 e. The SMILES string of the molecule is COC(=O)c1cc(NC(=O)C(NC(=O)c2ccco2)C(C)C)c(F)cc1F. The van der Waals surface area contributed by atoms with Crippen molar-refractivity contribution in [3.63, 3.8) is 0 Å². The molecule has 0 fully saturated rings. The number of halogens is 2. The van der Waals surface area contributed by atoms with E-state index >= 15 is 0 Å². The number of hydrogen-bond donors (Lipinski definition) is 2. The van der Waals surface area contributed by atoms with Gasteiger partial charge in [-0.15, -0.1) is 0 Å². The highest BCUT2D eigenvalue weighted by molar-refractivity contribution is 6.01. The molecule has 0 aliphatic rings. The van der Waals surface area contributed by atoms with Crippen molar-refractivity contribution in [2.75, 3.05) is 12.4 Å². The Hall–Kier alpha value is -3.23. The molecule has 0 aliphatic heterocycles. The number of carbonyl (C=O) groups is 3. The van der Waals surface area contributed by atoms with Crippen LogP contribution in [0.15, 0.2) is 34.9 Å². The summed E-state index contributed by atoms with van der Waals surface area (Å²) in [5, 5.41) is 4.74. The number of rotatable bonds is 6. The molecule has 0 spiro atoms. The number of benzene rings is 1. The minimum atomic E-state index is -1.12. The Morgan fingerprint density at radius 2 is 1.85 bits per heavy atom. The molecular formula is C18H18F2N2O5. The van der Waals surface area contributed by atoms with Gasteiger partial charge in [0.05, 0.1) is 24.6 Å². The van der Waals surface area contributed by atoms with Gasteiger partial charge in [-0.1, -0.05) is 13.8 Å². The lowest BCUT2D eigenvalue weighted by Crippen LogP contribution is -2.47. The lowest BCUT2D eigenvalue weighted by molar-refractivity contribution is -0.118. The first-order valence-electron chi connectivity index (χ1n) is 7.97. The predicted molar refractivity (Wildman–Crippen MR) is 91.1 cm³/mol. The number of nitrogens with one attached hydrogen (secondary N) is 2. The molecule has 0 bridgehead atoms. The summed E-state index contributed by atoms with van der Waals surface area (Å²) in [6, 6.07) is 3.20. The average Bonchev–Trinajstić information content (AvgIpc) is 3.15. The van der Waals surface area contributed by atoms with Crippen molar-refractivity contribution >= 4 is 23.5 Å². The van der Waals surface area contributed by atoms with E-state index in [4.69, 9.17) is 4.42 Å². The van der Waals surface area contributed by atoms with Gasteiger partial charge >= 0.3 is 5.97 Å². The summed E-state index contributed by atoms with van der Waals surface area (Å²) in [5.41, 5.74) is -0.949. The topological polar surface area (TPSA) is 97.6 Å². The van der Waals surface area contributed by atoms with E-state index in [9.17, 15) is 23.2 Å². The van der Waals surface area contributed by atoms with Gasteiger partial charge in [0, 0.05) is 6.07 Å². The molecule has 27 heavy (non-hydrogen) atoms. The molecule has 2 N–H and O–H groups in total. The summed E-state index contributed by atoms with van der Waals surface area (Å²) in [7, 11) is 1.04. The zero-order valence-electron chi connectivity index (χ0n) is 14.8. The van der Waals surface area contributed by atoms with Gasteiger partial charge < -0.3 is 19.8 Å². The smallest absolute Gasteiger partial charge is 0.340 e. The maximum atomic E-state index is 14.0. The van der Waals surface area contributed by atoms with E-state index in [-0.39, 0.29) is 11.7 Å². The number of methoxy groups -OCH3 is 1. The van der Waals surface area contributed by atoms with Crippen molar-refractivity contribution in [2.24, 2.45) is 5.92 Å². The molecule has 1 aromatic heterocycles. The van der Waals surface area contributed by atoms with Crippen molar-refractivity contribution in [3.05, 3.63) is 53.5 Å². The summed E-state index contributed by atoms with van der Waals surface area (Å²) >= 11 is 0. The minimum Gasteiger partial charge on any atom is -0.465 e. The molecule has 2 amide bonds. The second kappa shape index (κ2) is 8.43. The summed E-state index contributed by atoms with van der Waals surface area (Å²) in [4.78, 5) is 36.2. The zero-order valence-corrected chi connectivity index (χ0v) is 14.8. The first kappa shape index (κ1) is 20.1. The highest BCUT2D eigenvalue weighted by atomic mass is 19.1. The fourth-order valence-electron chi connectivity index (χ4n) is 2.28. The maximum absolute atomic E-state index is 14.0. The lowest BCUT2D eigenvalue weighted by atomic mass is 10.0. The molecule has 0 saturated carbocycles. The van der Waals surface area contributed by atoms with Crippen molar-refractivity contribution in [2.45, 2.75) is 19.9 Å². The first-order valence-corrected chi connectivity index (χ1v) is 7.97. The zero-order chi connectivity index (χ0) is 20.1. The molecule has 0 saturated heterocycles. The standard InChI is InChI=1S/C18H18F2N2O5/c1-9(2)15(22-16(23)14-5-4-6-27-14)17(24)21-13-7-10(18(25)26-3)11(19)8-12(13)20/h4-9,15H,1-3H3,(H,21,24)(H,22,23). The van der Waals surface area contributed by atoms with Crippen LogP contribution in [-0.4, -0.2) is 30.9 Å². The normalized spacial score (nSPS) is 11.8. The molecule has 0 radical (unpaired) electrons. The number of ether oxygens (including phenoxy) is 1. The van der Waals surface area contributed by atoms with Crippen LogP contribution in [0.4, 0.5) is 14.5 Å². The number of amides is 2. The molecule has 2 aromatic rings. The van der Waals surface area contributed by atoms with Gasteiger partial charge in [-0.25, -0.2) is 13.6 Å². The fourth-order valence-corrected chi connectivity index (χ4v) is 2.28. The fraction of sp³-hybridized carbons (Fsp3) is 0.278. The Bertz CT molecular complexity index is 850. The van der Waals surface area contributed by atoms with Crippen LogP contribution in [0.5, 0.6) is 0 Å². The van der Waals surface area contributed by atoms with E-state index in [1.54, 1.807) is 13.8 Å². The van der Waals surface area contributed by atoms with Gasteiger partial charge in [-0.3, -0.25) is 9.59 Å². The second-order valence-electron chi connectivity index (χ2n) is 5.97. The van der Waals surface area contributed by atoms with E-state index in [1.807, 2.05) is 0 Å². The molecular weight excluding hydrogens is 362 g/mol. The minimum absolute atomic E-state index is 0.00869. The van der Waals surface area contributed by atoms with E-state index in [0.29, 0.717) is 6.07 Å². The Kier molecular flexibility index (Phi) is 6.27. The van der Waals surface area contributed by atoms with Crippen molar-refractivity contribution < 1.29 is 32.3 Å². The number of esters is 1. The Balaban J connectivity index is 2.22. The average molecular weight is 380 g/mol. The Morgan fingerprint density at radius 1 is 1.15 bits per heavy atom. The van der Waals surface area contributed by atoms with Crippen molar-refractivity contribution in [3.8, 4) is 0 Å². The van der Waals surface area contributed by atoms with Gasteiger partial charge in [0.15, 0.2) is 5.76 Å². The summed E-state index contributed by atoms with van der Waals surface area (Å²) in [6.45, 7) is 3.35. The van der Waals surface area contributed by atoms with Crippen LogP contribution < -0.4 is 10.6 Å². The highest BCUT2D eigenvalue weighted by Gasteiger charge is 2.27. The molecule has 1 unspecified atom stereocenters. The third-order valence-corrected chi connectivity index (χ3v) is 3.70. The predicted octanol–water partition coefficient (Wildman–Crippen LogP) is 2.74. The summed E-state index contributed by atoms with van der Waals surface area (Å²) < 4.78 is 37.1. The quantitative estimate of drug-likeness (QED) is 0.751.